The quantitative estimate of drug-likeness (QED) is 0.852. The van der Waals surface area contributed by atoms with E-state index in [4.69, 9.17) is 11.6 Å². The molecule has 110 valence electrons. The monoisotopic (exact) mass is 323 g/mol. The summed E-state index contributed by atoms with van der Waals surface area (Å²) in [5, 5.41) is 5.08. The first-order chi connectivity index (χ1) is 10.1. The van der Waals surface area contributed by atoms with Gasteiger partial charge in [-0.25, -0.2) is 4.79 Å². The number of carbonyl (C=O) groups excluding carboxylic acids is 2. The van der Waals surface area contributed by atoms with E-state index in [0.29, 0.717) is 29.1 Å². The van der Waals surface area contributed by atoms with Gasteiger partial charge in [0.1, 0.15) is 0 Å². The molecule has 1 aromatic carbocycles. The van der Waals surface area contributed by atoms with Gasteiger partial charge in [-0.15, -0.1) is 11.3 Å². The Kier molecular flexibility index (Phi) is 5.36. The highest BCUT2D eigenvalue weighted by Crippen LogP contribution is 2.24. The fourth-order valence-electron chi connectivity index (χ4n) is 1.77. The van der Waals surface area contributed by atoms with Crippen molar-refractivity contribution in [1.29, 1.82) is 0 Å². The van der Waals surface area contributed by atoms with Gasteiger partial charge in [0.15, 0.2) is 0 Å². The molecule has 6 heteroatoms. The summed E-state index contributed by atoms with van der Waals surface area (Å²) in [6.07, 6.45) is 1.04. The molecule has 0 bridgehead atoms. The van der Waals surface area contributed by atoms with Crippen LogP contribution in [0.4, 0.5) is 5.69 Å². The van der Waals surface area contributed by atoms with Crippen molar-refractivity contribution in [1.82, 2.24) is 0 Å². The molecule has 0 fully saturated rings. The fourth-order valence-corrected chi connectivity index (χ4v) is 2.64. The molecule has 0 aliphatic carbocycles. The van der Waals surface area contributed by atoms with Crippen LogP contribution >= 0.6 is 22.9 Å². The van der Waals surface area contributed by atoms with Crippen LogP contribution in [0.2, 0.25) is 5.02 Å². The molecule has 0 saturated carbocycles. The third-order valence-electron chi connectivity index (χ3n) is 2.84. The molecule has 1 amide bonds. The molecule has 0 atom stereocenters. The van der Waals surface area contributed by atoms with Crippen molar-refractivity contribution < 1.29 is 14.3 Å². The second-order valence-electron chi connectivity index (χ2n) is 4.31. The van der Waals surface area contributed by atoms with Crippen molar-refractivity contribution in [2.45, 2.75) is 12.8 Å². The summed E-state index contributed by atoms with van der Waals surface area (Å²) in [5.74, 6) is -0.618. The number of rotatable bonds is 5. The topological polar surface area (TPSA) is 55.4 Å². The van der Waals surface area contributed by atoms with Crippen molar-refractivity contribution in [3.05, 3.63) is 51.2 Å². The van der Waals surface area contributed by atoms with E-state index in [1.54, 1.807) is 23.5 Å². The Hall–Kier alpha value is -1.85. The predicted octanol–water partition coefficient (Wildman–Crippen LogP) is 3.76. The summed E-state index contributed by atoms with van der Waals surface area (Å²) in [7, 11) is 1.30. The Morgan fingerprint density at radius 2 is 2.14 bits per heavy atom. The molecule has 4 nitrogen and oxygen atoms in total. The third kappa shape index (κ3) is 4.31. The van der Waals surface area contributed by atoms with Crippen LogP contribution in [0.25, 0.3) is 0 Å². The number of methoxy groups -OCH3 is 1. The number of anilines is 1. The molecule has 0 saturated heterocycles. The van der Waals surface area contributed by atoms with Gasteiger partial charge in [0, 0.05) is 11.3 Å². The lowest BCUT2D eigenvalue weighted by Crippen LogP contribution is -2.13. The van der Waals surface area contributed by atoms with Gasteiger partial charge in [-0.3, -0.25) is 4.79 Å². The maximum atomic E-state index is 11.9. The number of hydrogen-bond acceptors (Lipinski definition) is 4. The number of carbonyl (C=O) groups is 2. The van der Waals surface area contributed by atoms with Crippen LogP contribution < -0.4 is 5.32 Å². The number of ether oxygens (including phenoxy) is 1. The molecule has 2 rings (SSSR count). The van der Waals surface area contributed by atoms with Gasteiger partial charge in [0.25, 0.3) is 0 Å². The normalized spacial score (nSPS) is 10.2. The smallest absolute Gasteiger partial charge is 0.337 e. The average molecular weight is 324 g/mol. The Morgan fingerprint density at radius 3 is 2.81 bits per heavy atom. The van der Waals surface area contributed by atoms with E-state index < -0.39 is 5.97 Å². The molecular weight excluding hydrogens is 310 g/mol. The summed E-state index contributed by atoms with van der Waals surface area (Å²) < 4.78 is 4.64. The zero-order valence-corrected chi connectivity index (χ0v) is 13.0. The average Bonchev–Trinajstić information content (AvgIpc) is 3.00. The van der Waals surface area contributed by atoms with Crippen molar-refractivity contribution in [3.63, 3.8) is 0 Å². The Balaban J connectivity index is 2.01. The van der Waals surface area contributed by atoms with Crippen molar-refractivity contribution >= 4 is 40.5 Å². The first-order valence-electron chi connectivity index (χ1n) is 6.30. The minimum atomic E-state index is -0.472. The standard InChI is InChI=1S/C15H14ClNO3S/c1-20-15(19)10-4-6-12(16)13(9-10)17-14(18)7-5-11-3-2-8-21-11/h2-4,6,8-9H,5,7H2,1H3,(H,17,18). The number of esters is 1. The summed E-state index contributed by atoms with van der Waals surface area (Å²) in [5.41, 5.74) is 0.756. The van der Waals surface area contributed by atoms with Gasteiger partial charge in [-0.05, 0) is 36.1 Å². The molecule has 0 aliphatic rings. The SMILES string of the molecule is COC(=O)c1ccc(Cl)c(NC(=O)CCc2cccs2)c1. The molecule has 0 unspecified atom stereocenters. The second-order valence-corrected chi connectivity index (χ2v) is 5.75. The molecule has 1 heterocycles. The van der Waals surface area contributed by atoms with Gasteiger partial charge in [0.05, 0.1) is 23.4 Å². The summed E-state index contributed by atoms with van der Waals surface area (Å²) in [6, 6.07) is 8.56. The lowest BCUT2D eigenvalue weighted by atomic mass is 10.2. The van der Waals surface area contributed by atoms with Crippen molar-refractivity contribution in [3.8, 4) is 0 Å². The molecule has 0 spiro atoms. The number of thiophene rings is 1. The highest BCUT2D eigenvalue weighted by atomic mass is 35.5. The minimum Gasteiger partial charge on any atom is -0.465 e. The van der Waals surface area contributed by atoms with E-state index in [-0.39, 0.29) is 5.91 Å². The van der Waals surface area contributed by atoms with Crippen molar-refractivity contribution in [2.24, 2.45) is 0 Å². The van der Waals surface area contributed by atoms with Crippen LogP contribution in [-0.2, 0) is 16.0 Å². The largest absolute Gasteiger partial charge is 0.465 e. The van der Waals surface area contributed by atoms with E-state index in [1.165, 1.54) is 13.2 Å². The number of halogens is 1. The summed E-state index contributed by atoms with van der Waals surface area (Å²) >= 11 is 7.64. The van der Waals surface area contributed by atoms with Crippen LogP contribution in [0.5, 0.6) is 0 Å². The first kappa shape index (κ1) is 15.5. The summed E-state index contributed by atoms with van der Waals surface area (Å²) in [4.78, 5) is 24.5. The molecule has 2 aromatic rings. The number of amides is 1. The Morgan fingerprint density at radius 1 is 1.33 bits per heavy atom. The van der Waals surface area contributed by atoms with Crippen LogP contribution in [-0.4, -0.2) is 19.0 Å². The van der Waals surface area contributed by atoms with E-state index in [1.807, 2.05) is 17.5 Å². The molecular formula is C15H14ClNO3S. The molecule has 0 radical (unpaired) electrons. The highest BCUT2D eigenvalue weighted by Gasteiger charge is 2.11. The van der Waals surface area contributed by atoms with Crippen LogP contribution in [0.15, 0.2) is 35.7 Å². The van der Waals surface area contributed by atoms with Gasteiger partial charge in [-0.2, -0.15) is 0 Å². The molecule has 0 aliphatic heterocycles. The van der Waals surface area contributed by atoms with E-state index in [9.17, 15) is 9.59 Å². The Bertz CT molecular complexity index is 640. The van der Waals surface area contributed by atoms with Gasteiger partial charge in [0.2, 0.25) is 5.91 Å². The van der Waals surface area contributed by atoms with Gasteiger partial charge >= 0.3 is 5.97 Å². The van der Waals surface area contributed by atoms with Gasteiger partial charge in [-0.1, -0.05) is 17.7 Å². The van der Waals surface area contributed by atoms with Crippen LogP contribution in [0, 0.1) is 0 Å². The van der Waals surface area contributed by atoms with Crippen molar-refractivity contribution in [2.75, 3.05) is 12.4 Å². The third-order valence-corrected chi connectivity index (χ3v) is 4.11. The maximum absolute atomic E-state index is 11.9. The summed E-state index contributed by atoms with van der Waals surface area (Å²) in [6.45, 7) is 0. The predicted molar refractivity (Wildman–Crippen MR) is 84.1 cm³/mol. The maximum Gasteiger partial charge on any atom is 0.337 e. The molecule has 1 N–H and O–H groups in total. The fraction of sp³-hybridized carbons (Fsp3) is 0.200. The first-order valence-corrected chi connectivity index (χ1v) is 7.56. The minimum absolute atomic E-state index is 0.146. The number of hydrogen-bond donors (Lipinski definition) is 1. The van der Waals surface area contributed by atoms with E-state index >= 15 is 0 Å². The molecule has 21 heavy (non-hydrogen) atoms. The molecule has 1 aromatic heterocycles. The number of aryl methyl sites for hydroxylation is 1. The van der Waals surface area contributed by atoms with Gasteiger partial charge < -0.3 is 10.1 Å². The van der Waals surface area contributed by atoms with Crippen LogP contribution in [0.1, 0.15) is 21.7 Å². The van der Waals surface area contributed by atoms with E-state index in [0.717, 1.165) is 4.88 Å². The van der Waals surface area contributed by atoms with Crippen LogP contribution in [0.3, 0.4) is 0 Å². The Labute approximate surface area is 131 Å². The lowest BCUT2D eigenvalue weighted by molar-refractivity contribution is -0.116. The van der Waals surface area contributed by atoms with E-state index in [2.05, 4.69) is 10.1 Å². The number of benzene rings is 1. The highest BCUT2D eigenvalue weighted by molar-refractivity contribution is 7.09. The lowest BCUT2D eigenvalue weighted by Gasteiger charge is -2.08. The second kappa shape index (κ2) is 7.24. The zero-order chi connectivity index (χ0) is 15.2. The zero-order valence-electron chi connectivity index (χ0n) is 11.4. The number of nitrogens with one attached hydrogen (secondary N) is 1.